The van der Waals surface area contributed by atoms with Crippen molar-refractivity contribution in [2.45, 2.75) is 19.3 Å². The van der Waals surface area contributed by atoms with Gasteiger partial charge in [0.05, 0.1) is 0 Å². The molecule has 13 heavy (non-hydrogen) atoms. The van der Waals surface area contributed by atoms with Crippen molar-refractivity contribution >= 4 is 5.91 Å². The Balaban J connectivity index is 2.32. The summed E-state index contributed by atoms with van der Waals surface area (Å²) in [6.07, 6.45) is 3.34. The SMILES string of the molecule is CNC(=O)[C@H]1CC[C@@H](CN(C)C)C1. The Morgan fingerprint density at radius 2 is 2.15 bits per heavy atom. The van der Waals surface area contributed by atoms with E-state index in [-0.39, 0.29) is 11.8 Å². The third-order valence-corrected chi connectivity index (χ3v) is 2.78. The molecule has 3 nitrogen and oxygen atoms in total. The predicted octanol–water partition coefficient (Wildman–Crippen LogP) is 0.710. The maximum atomic E-state index is 11.3. The van der Waals surface area contributed by atoms with Crippen molar-refractivity contribution in [3.8, 4) is 0 Å². The summed E-state index contributed by atoms with van der Waals surface area (Å²) in [4.78, 5) is 13.5. The van der Waals surface area contributed by atoms with E-state index in [9.17, 15) is 4.79 Å². The Bertz CT molecular complexity index is 180. The van der Waals surface area contributed by atoms with Crippen LogP contribution < -0.4 is 5.32 Å². The first-order valence-electron chi connectivity index (χ1n) is 4.99. The highest BCUT2D eigenvalue weighted by atomic mass is 16.1. The Morgan fingerprint density at radius 3 is 2.69 bits per heavy atom. The summed E-state index contributed by atoms with van der Waals surface area (Å²) >= 11 is 0. The fraction of sp³-hybridized carbons (Fsp3) is 0.900. The Kier molecular flexibility index (Phi) is 3.72. The van der Waals surface area contributed by atoms with Gasteiger partial charge in [0.25, 0.3) is 0 Å². The second-order valence-electron chi connectivity index (χ2n) is 4.25. The monoisotopic (exact) mass is 184 g/mol. The third kappa shape index (κ3) is 2.99. The van der Waals surface area contributed by atoms with Crippen LogP contribution in [-0.2, 0) is 4.79 Å². The molecule has 0 saturated heterocycles. The highest BCUT2D eigenvalue weighted by Crippen LogP contribution is 2.31. The molecule has 0 bridgehead atoms. The van der Waals surface area contributed by atoms with Crippen LogP contribution in [0.4, 0.5) is 0 Å². The molecule has 1 saturated carbocycles. The summed E-state index contributed by atoms with van der Waals surface area (Å²) < 4.78 is 0. The molecule has 1 rings (SSSR count). The lowest BCUT2D eigenvalue weighted by molar-refractivity contribution is -0.124. The van der Waals surface area contributed by atoms with Gasteiger partial charge in [-0.1, -0.05) is 0 Å². The van der Waals surface area contributed by atoms with Crippen LogP contribution in [0.1, 0.15) is 19.3 Å². The van der Waals surface area contributed by atoms with E-state index in [2.05, 4.69) is 24.3 Å². The lowest BCUT2D eigenvalue weighted by Crippen LogP contribution is -2.26. The number of nitrogens with one attached hydrogen (secondary N) is 1. The zero-order valence-electron chi connectivity index (χ0n) is 8.84. The minimum Gasteiger partial charge on any atom is -0.359 e. The summed E-state index contributed by atoms with van der Waals surface area (Å²) in [5.41, 5.74) is 0. The maximum Gasteiger partial charge on any atom is 0.222 e. The van der Waals surface area contributed by atoms with Gasteiger partial charge in [-0.3, -0.25) is 4.79 Å². The smallest absolute Gasteiger partial charge is 0.222 e. The van der Waals surface area contributed by atoms with Crippen molar-refractivity contribution in [2.75, 3.05) is 27.7 Å². The fourth-order valence-electron chi connectivity index (χ4n) is 2.20. The normalized spacial score (nSPS) is 28.0. The van der Waals surface area contributed by atoms with Gasteiger partial charge in [-0.05, 0) is 39.3 Å². The molecule has 1 amide bonds. The number of rotatable bonds is 3. The number of amides is 1. The second-order valence-corrected chi connectivity index (χ2v) is 4.25. The lowest BCUT2D eigenvalue weighted by atomic mass is 10.0. The minimum absolute atomic E-state index is 0.223. The van der Waals surface area contributed by atoms with E-state index in [4.69, 9.17) is 0 Å². The molecule has 76 valence electrons. The molecule has 0 aromatic heterocycles. The van der Waals surface area contributed by atoms with Gasteiger partial charge in [0.1, 0.15) is 0 Å². The van der Waals surface area contributed by atoms with Gasteiger partial charge in [0.2, 0.25) is 5.91 Å². The largest absolute Gasteiger partial charge is 0.359 e. The van der Waals surface area contributed by atoms with E-state index in [1.54, 1.807) is 7.05 Å². The molecule has 0 spiro atoms. The summed E-state index contributed by atoms with van der Waals surface area (Å²) in [7, 11) is 5.90. The van der Waals surface area contributed by atoms with Gasteiger partial charge in [-0.15, -0.1) is 0 Å². The molecule has 0 aliphatic heterocycles. The quantitative estimate of drug-likeness (QED) is 0.700. The van der Waals surface area contributed by atoms with Gasteiger partial charge in [0.15, 0.2) is 0 Å². The van der Waals surface area contributed by atoms with Crippen LogP contribution in [0.25, 0.3) is 0 Å². The highest BCUT2D eigenvalue weighted by Gasteiger charge is 2.29. The van der Waals surface area contributed by atoms with Gasteiger partial charge in [-0.2, -0.15) is 0 Å². The van der Waals surface area contributed by atoms with Crippen LogP contribution in [-0.4, -0.2) is 38.5 Å². The van der Waals surface area contributed by atoms with E-state index in [1.807, 2.05) is 0 Å². The molecular formula is C10H20N2O. The van der Waals surface area contributed by atoms with Crippen molar-refractivity contribution < 1.29 is 4.79 Å². The molecular weight excluding hydrogens is 164 g/mol. The average Bonchev–Trinajstić information content (AvgIpc) is 2.50. The summed E-state index contributed by atoms with van der Waals surface area (Å²) in [6.45, 7) is 1.12. The maximum absolute atomic E-state index is 11.3. The number of hydrogen-bond donors (Lipinski definition) is 1. The van der Waals surface area contributed by atoms with E-state index in [0.717, 1.165) is 25.3 Å². The van der Waals surface area contributed by atoms with Gasteiger partial charge in [0, 0.05) is 19.5 Å². The van der Waals surface area contributed by atoms with E-state index >= 15 is 0 Å². The van der Waals surface area contributed by atoms with Gasteiger partial charge in [-0.25, -0.2) is 0 Å². The van der Waals surface area contributed by atoms with Crippen LogP contribution in [0.15, 0.2) is 0 Å². The molecule has 0 radical (unpaired) electrons. The van der Waals surface area contributed by atoms with Crippen molar-refractivity contribution in [3.63, 3.8) is 0 Å². The molecule has 0 aromatic carbocycles. The standard InChI is InChI=1S/C10H20N2O/c1-11-10(13)9-5-4-8(6-9)7-12(2)3/h8-9H,4-7H2,1-3H3,(H,11,13)/t8-,9+/m1/s1. The molecule has 0 heterocycles. The molecule has 1 aliphatic rings. The summed E-state index contributed by atoms with van der Waals surface area (Å²) in [5, 5.41) is 2.73. The number of carbonyl (C=O) groups excluding carboxylic acids is 1. The Labute approximate surface area is 80.5 Å². The first kappa shape index (κ1) is 10.5. The number of nitrogens with zero attached hydrogens (tertiary/aromatic N) is 1. The molecule has 0 aromatic rings. The summed E-state index contributed by atoms with van der Waals surface area (Å²) in [6, 6.07) is 0. The Morgan fingerprint density at radius 1 is 1.46 bits per heavy atom. The van der Waals surface area contributed by atoms with Crippen LogP contribution >= 0.6 is 0 Å². The Hall–Kier alpha value is -0.570. The third-order valence-electron chi connectivity index (χ3n) is 2.78. The lowest BCUT2D eigenvalue weighted by Gasteiger charge is -2.15. The van der Waals surface area contributed by atoms with Gasteiger partial charge < -0.3 is 10.2 Å². The van der Waals surface area contributed by atoms with Crippen molar-refractivity contribution in [3.05, 3.63) is 0 Å². The fourth-order valence-corrected chi connectivity index (χ4v) is 2.20. The number of carbonyl (C=O) groups is 1. The predicted molar refractivity (Wildman–Crippen MR) is 53.5 cm³/mol. The van der Waals surface area contributed by atoms with Crippen LogP contribution in [0, 0.1) is 11.8 Å². The first-order valence-corrected chi connectivity index (χ1v) is 4.99. The first-order chi connectivity index (χ1) is 6.13. The zero-order chi connectivity index (χ0) is 9.84. The van der Waals surface area contributed by atoms with E-state index in [1.165, 1.54) is 6.42 Å². The van der Waals surface area contributed by atoms with Crippen LogP contribution in [0.3, 0.4) is 0 Å². The van der Waals surface area contributed by atoms with Crippen LogP contribution in [0.5, 0.6) is 0 Å². The average molecular weight is 184 g/mol. The zero-order valence-corrected chi connectivity index (χ0v) is 8.84. The summed E-state index contributed by atoms with van der Waals surface area (Å²) in [5.74, 6) is 1.22. The number of hydrogen-bond acceptors (Lipinski definition) is 2. The van der Waals surface area contributed by atoms with Crippen molar-refractivity contribution in [1.29, 1.82) is 0 Å². The van der Waals surface area contributed by atoms with E-state index < -0.39 is 0 Å². The van der Waals surface area contributed by atoms with Gasteiger partial charge >= 0.3 is 0 Å². The molecule has 1 fully saturated rings. The molecule has 0 unspecified atom stereocenters. The molecule has 2 atom stereocenters. The second kappa shape index (κ2) is 4.61. The minimum atomic E-state index is 0.223. The van der Waals surface area contributed by atoms with Crippen LogP contribution in [0.2, 0.25) is 0 Å². The molecule has 1 N–H and O–H groups in total. The highest BCUT2D eigenvalue weighted by molar-refractivity contribution is 5.78. The molecule has 3 heteroatoms. The van der Waals surface area contributed by atoms with Crippen molar-refractivity contribution in [2.24, 2.45) is 11.8 Å². The van der Waals surface area contributed by atoms with E-state index in [0.29, 0.717) is 0 Å². The topological polar surface area (TPSA) is 32.3 Å². The van der Waals surface area contributed by atoms with Crippen molar-refractivity contribution in [1.82, 2.24) is 10.2 Å². The molecule has 1 aliphatic carbocycles.